The molecule has 0 spiro atoms. The predicted octanol–water partition coefficient (Wildman–Crippen LogP) is 0.519. The predicted molar refractivity (Wildman–Crippen MR) is 54.2 cm³/mol. The molecule has 0 amide bonds. The monoisotopic (exact) mass is 242 g/mol. The summed E-state index contributed by atoms with van der Waals surface area (Å²) in [4.78, 5) is 33.2. The van der Waals surface area contributed by atoms with Gasteiger partial charge in [-0.1, -0.05) is 0 Å². The van der Waals surface area contributed by atoms with E-state index >= 15 is 0 Å². The van der Waals surface area contributed by atoms with Crippen LogP contribution >= 0.6 is 0 Å². The fraction of sp³-hybridized carbons (Fsp3) is 0.727. The number of rotatable bonds is 3. The average Bonchev–Trinajstić information content (AvgIpc) is 2.73. The van der Waals surface area contributed by atoms with E-state index in [1.165, 1.54) is 0 Å². The molecule has 17 heavy (non-hydrogen) atoms. The van der Waals surface area contributed by atoms with E-state index in [-0.39, 0.29) is 12.3 Å². The molecular formula is C11H14O6. The Morgan fingerprint density at radius 1 is 0.765 bits per heavy atom. The molecule has 2 fully saturated rings. The average molecular weight is 242 g/mol. The maximum absolute atomic E-state index is 11.1. The molecule has 0 aromatic carbocycles. The molecule has 0 saturated heterocycles. The van der Waals surface area contributed by atoms with Crippen LogP contribution < -0.4 is 0 Å². The number of carboxylic acid groups (broad SMARTS) is 3. The van der Waals surface area contributed by atoms with Crippen molar-refractivity contribution in [3.63, 3.8) is 0 Å². The van der Waals surface area contributed by atoms with Crippen LogP contribution in [0.2, 0.25) is 0 Å². The molecule has 2 aliphatic rings. The third kappa shape index (κ3) is 1.77. The largest absolute Gasteiger partial charge is 0.481 e. The summed E-state index contributed by atoms with van der Waals surface area (Å²) in [5, 5.41) is 27.2. The van der Waals surface area contributed by atoms with Gasteiger partial charge in [0.1, 0.15) is 0 Å². The van der Waals surface area contributed by atoms with Gasteiger partial charge in [0.05, 0.1) is 17.8 Å². The van der Waals surface area contributed by atoms with Gasteiger partial charge >= 0.3 is 17.9 Å². The van der Waals surface area contributed by atoms with Gasteiger partial charge in [0.15, 0.2) is 0 Å². The molecule has 2 aliphatic carbocycles. The molecule has 0 bridgehead atoms. The molecule has 0 aliphatic heterocycles. The van der Waals surface area contributed by atoms with Gasteiger partial charge in [-0.15, -0.1) is 0 Å². The lowest BCUT2D eigenvalue weighted by Crippen LogP contribution is -2.29. The minimum atomic E-state index is -1.07. The van der Waals surface area contributed by atoms with Crippen LogP contribution in [0.4, 0.5) is 0 Å². The second-order valence-corrected chi connectivity index (χ2v) is 4.89. The first kappa shape index (κ1) is 11.9. The summed E-state index contributed by atoms with van der Waals surface area (Å²) in [5.74, 6) is -6.14. The molecule has 6 nitrogen and oxygen atoms in total. The first-order valence-electron chi connectivity index (χ1n) is 5.62. The van der Waals surface area contributed by atoms with E-state index in [0.29, 0.717) is 12.8 Å². The molecule has 2 saturated carbocycles. The smallest absolute Gasteiger partial charge is 0.306 e. The summed E-state index contributed by atoms with van der Waals surface area (Å²) in [7, 11) is 0. The van der Waals surface area contributed by atoms with Gasteiger partial charge < -0.3 is 15.3 Å². The summed E-state index contributed by atoms with van der Waals surface area (Å²) in [6.45, 7) is 0. The minimum absolute atomic E-state index is 0.0593. The van der Waals surface area contributed by atoms with Crippen molar-refractivity contribution < 1.29 is 29.7 Å². The number of aliphatic carboxylic acids is 3. The van der Waals surface area contributed by atoms with E-state index in [0.717, 1.165) is 0 Å². The van der Waals surface area contributed by atoms with E-state index < -0.39 is 41.6 Å². The molecule has 3 N–H and O–H groups in total. The quantitative estimate of drug-likeness (QED) is 0.665. The van der Waals surface area contributed by atoms with E-state index in [4.69, 9.17) is 15.3 Å². The first-order chi connectivity index (χ1) is 7.93. The number of hydrogen-bond donors (Lipinski definition) is 3. The lowest BCUT2D eigenvalue weighted by Gasteiger charge is -2.19. The molecule has 0 aromatic rings. The van der Waals surface area contributed by atoms with E-state index in [1.807, 2.05) is 0 Å². The third-order valence-corrected chi connectivity index (χ3v) is 4.21. The van der Waals surface area contributed by atoms with Crippen molar-refractivity contribution in [2.75, 3.05) is 0 Å². The highest BCUT2D eigenvalue weighted by atomic mass is 16.4. The van der Waals surface area contributed by atoms with Crippen LogP contribution in [0.3, 0.4) is 0 Å². The zero-order valence-electron chi connectivity index (χ0n) is 9.07. The number of hydrogen-bond acceptors (Lipinski definition) is 3. The standard InChI is InChI=1S/C11H14O6/c12-9(13)5-2-1-4-6(10(14)15)3-7(8(4)5)11(16)17/h4-8H,1-3H2,(H,12,13)(H,14,15)(H,16,17). The van der Waals surface area contributed by atoms with Crippen LogP contribution in [0.25, 0.3) is 0 Å². The Bertz CT molecular complexity index is 364. The highest BCUT2D eigenvalue weighted by Crippen LogP contribution is 2.53. The molecule has 0 heterocycles. The molecular weight excluding hydrogens is 228 g/mol. The molecule has 2 rings (SSSR count). The van der Waals surface area contributed by atoms with E-state index in [1.54, 1.807) is 0 Å². The fourth-order valence-corrected chi connectivity index (χ4v) is 3.55. The Morgan fingerprint density at radius 3 is 1.76 bits per heavy atom. The van der Waals surface area contributed by atoms with Crippen LogP contribution in [-0.2, 0) is 14.4 Å². The van der Waals surface area contributed by atoms with Crippen molar-refractivity contribution in [3.05, 3.63) is 0 Å². The fourth-order valence-electron chi connectivity index (χ4n) is 3.55. The Morgan fingerprint density at radius 2 is 1.29 bits per heavy atom. The number of carbonyl (C=O) groups is 3. The highest BCUT2D eigenvalue weighted by molar-refractivity contribution is 5.79. The second kappa shape index (κ2) is 4.01. The van der Waals surface area contributed by atoms with Gasteiger partial charge in [-0.25, -0.2) is 0 Å². The zero-order chi connectivity index (χ0) is 12.7. The van der Waals surface area contributed by atoms with Crippen molar-refractivity contribution in [1.29, 1.82) is 0 Å². The summed E-state index contributed by atoms with van der Waals surface area (Å²) in [6.07, 6.45) is 0.949. The van der Waals surface area contributed by atoms with Crippen molar-refractivity contribution in [2.45, 2.75) is 19.3 Å². The lowest BCUT2D eigenvalue weighted by molar-refractivity contribution is -0.148. The van der Waals surface area contributed by atoms with Gasteiger partial charge in [0, 0.05) is 0 Å². The van der Waals surface area contributed by atoms with E-state index in [2.05, 4.69) is 0 Å². The van der Waals surface area contributed by atoms with Gasteiger partial charge in [-0.2, -0.15) is 0 Å². The summed E-state index contributed by atoms with van der Waals surface area (Å²) >= 11 is 0. The van der Waals surface area contributed by atoms with E-state index in [9.17, 15) is 14.4 Å². The van der Waals surface area contributed by atoms with Gasteiger partial charge in [0.25, 0.3) is 0 Å². The molecule has 0 radical (unpaired) electrons. The van der Waals surface area contributed by atoms with Crippen molar-refractivity contribution in [2.24, 2.45) is 29.6 Å². The Labute approximate surface area is 97.2 Å². The number of carboxylic acids is 3. The Kier molecular flexibility index (Phi) is 2.81. The zero-order valence-corrected chi connectivity index (χ0v) is 9.07. The lowest BCUT2D eigenvalue weighted by atomic mass is 9.84. The van der Waals surface area contributed by atoms with Crippen LogP contribution in [0.1, 0.15) is 19.3 Å². The molecule has 5 atom stereocenters. The van der Waals surface area contributed by atoms with Crippen LogP contribution in [-0.4, -0.2) is 33.2 Å². The van der Waals surface area contributed by atoms with Crippen molar-refractivity contribution in [1.82, 2.24) is 0 Å². The third-order valence-electron chi connectivity index (χ3n) is 4.21. The molecule has 6 heteroatoms. The Hall–Kier alpha value is -1.59. The highest BCUT2D eigenvalue weighted by Gasteiger charge is 2.56. The van der Waals surface area contributed by atoms with Crippen LogP contribution in [0.5, 0.6) is 0 Å². The SMILES string of the molecule is O=C(O)C1CC(C(=O)O)C2C(C(=O)O)CCC12. The molecule has 5 unspecified atom stereocenters. The maximum atomic E-state index is 11.1. The van der Waals surface area contributed by atoms with Gasteiger partial charge in [-0.05, 0) is 31.1 Å². The first-order valence-corrected chi connectivity index (χ1v) is 5.62. The topological polar surface area (TPSA) is 112 Å². The van der Waals surface area contributed by atoms with Gasteiger partial charge in [-0.3, -0.25) is 14.4 Å². The summed E-state index contributed by atoms with van der Waals surface area (Å²) in [5.41, 5.74) is 0. The van der Waals surface area contributed by atoms with Gasteiger partial charge in [0.2, 0.25) is 0 Å². The summed E-state index contributed by atoms with van der Waals surface area (Å²) < 4.78 is 0. The summed E-state index contributed by atoms with van der Waals surface area (Å²) in [6, 6.07) is 0. The van der Waals surface area contributed by atoms with Crippen LogP contribution in [0, 0.1) is 29.6 Å². The van der Waals surface area contributed by atoms with Crippen molar-refractivity contribution >= 4 is 17.9 Å². The minimum Gasteiger partial charge on any atom is -0.481 e. The van der Waals surface area contributed by atoms with Crippen LogP contribution in [0.15, 0.2) is 0 Å². The normalized spacial score (nSPS) is 39.9. The molecule has 94 valence electrons. The molecule has 0 aromatic heterocycles. The van der Waals surface area contributed by atoms with Crippen molar-refractivity contribution in [3.8, 4) is 0 Å². The number of fused-ring (bicyclic) bond motifs is 1. The second-order valence-electron chi connectivity index (χ2n) is 4.89. The Balaban J connectivity index is 2.29. The maximum Gasteiger partial charge on any atom is 0.306 e.